The van der Waals surface area contributed by atoms with Gasteiger partial charge in [0.2, 0.25) is 11.5 Å². The number of carbonyl (C=O) groups excluding carboxylic acids is 1. The minimum absolute atomic E-state index is 0.0633. The fraction of sp³-hybridized carbons (Fsp3) is 0.250. The van der Waals surface area contributed by atoms with Gasteiger partial charge < -0.3 is 9.15 Å². The first-order chi connectivity index (χ1) is 5.77. The lowest BCUT2D eigenvalue weighted by Gasteiger charge is -1.95. The Kier molecular flexibility index (Phi) is 2.49. The maximum atomic E-state index is 10.9. The van der Waals surface area contributed by atoms with Crippen molar-refractivity contribution >= 4 is 5.97 Å². The monoisotopic (exact) mass is 165 g/mol. The minimum atomic E-state index is -0.543. The van der Waals surface area contributed by atoms with Crippen molar-refractivity contribution in [2.45, 2.75) is 6.92 Å². The summed E-state index contributed by atoms with van der Waals surface area (Å²) in [6, 6.07) is 4.61. The molecule has 4 heteroatoms. The first-order valence-corrected chi connectivity index (χ1v) is 3.45. The summed E-state index contributed by atoms with van der Waals surface area (Å²) in [4.78, 5) is 10.9. The highest BCUT2D eigenvalue weighted by Crippen LogP contribution is 2.07. The Bertz CT molecular complexity index is 321. The van der Waals surface area contributed by atoms with E-state index < -0.39 is 5.97 Å². The van der Waals surface area contributed by atoms with E-state index in [0.29, 0.717) is 6.61 Å². The third kappa shape index (κ3) is 1.64. The number of rotatable bonds is 2. The average molecular weight is 165 g/mol. The van der Waals surface area contributed by atoms with Gasteiger partial charge in [0, 0.05) is 0 Å². The number of hydrogen-bond acceptors (Lipinski definition) is 4. The summed E-state index contributed by atoms with van der Waals surface area (Å²) in [7, 11) is 0. The zero-order valence-electron chi connectivity index (χ0n) is 6.53. The van der Waals surface area contributed by atoms with E-state index in [1.807, 2.05) is 0 Å². The summed E-state index contributed by atoms with van der Waals surface area (Å²) in [5.41, 5.74) is 0. The van der Waals surface area contributed by atoms with Gasteiger partial charge in [0.15, 0.2) is 0 Å². The van der Waals surface area contributed by atoms with Crippen LogP contribution in [-0.2, 0) is 4.74 Å². The molecule has 0 amide bonds. The second-order valence-corrected chi connectivity index (χ2v) is 2.00. The highest BCUT2D eigenvalue weighted by Gasteiger charge is 2.10. The van der Waals surface area contributed by atoms with Crippen LogP contribution in [0.15, 0.2) is 16.5 Å². The number of furan rings is 1. The second kappa shape index (κ2) is 3.58. The first-order valence-electron chi connectivity index (χ1n) is 3.45. The fourth-order valence-corrected chi connectivity index (χ4v) is 0.710. The number of carbonyl (C=O) groups is 1. The molecular weight excluding hydrogens is 158 g/mol. The van der Waals surface area contributed by atoms with Crippen LogP contribution in [0.4, 0.5) is 0 Å². The van der Waals surface area contributed by atoms with E-state index in [2.05, 4.69) is 4.74 Å². The predicted molar refractivity (Wildman–Crippen MR) is 39.4 cm³/mol. The maximum absolute atomic E-state index is 10.9. The molecule has 0 fully saturated rings. The zero-order valence-corrected chi connectivity index (χ0v) is 6.53. The van der Waals surface area contributed by atoms with Crippen molar-refractivity contribution in [3.8, 4) is 6.07 Å². The molecule has 4 nitrogen and oxygen atoms in total. The highest BCUT2D eigenvalue weighted by molar-refractivity contribution is 5.86. The summed E-state index contributed by atoms with van der Waals surface area (Å²) >= 11 is 0. The molecule has 1 rings (SSSR count). The molecule has 1 aromatic heterocycles. The summed E-state index contributed by atoms with van der Waals surface area (Å²) in [6.45, 7) is 1.99. The van der Waals surface area contributed by atoms with Gasteiger partial charge in [0.1, 0.15) is 6.07 Å². The van der Waals surface area contributed by atoms with Crippen molar-refractivity contribution in [2.75, 3.05) is 6.61 Å². The second-order valence-electron chi connectivity index (χ2n) is 2.00. The summed E-state index contributed by atoms with van der Waals surface area (Å²) in [5.74, 6) is -0.370. The Morgan fingerprint density at radius 3 is 3.00 bits per heavy atom. The number of hydrogen-bond donors (Lipinski definition) is 0. The molecule has 0 aliphatic heterocycles. The lowest BCUT2D eigenvalue weighted by atomic mass is 10.4. The van der Waals surface area contributed by atoms with Crippen LogP contribution in [0.2, 0.25) is 0 Å². The van der Waals surface area contributed by atoms with Crippen LogP contribution in [0.3, 0.4) is 0 Å². The van der Waals surface area contributed by atoms with Crippen molar-refractivity contribution in [2.24, 2.45) is 0 Å². The molecule has 0 aliphatic carbocycles. The minimum Gasteiger partial charge on any atom is -0.460 e. The summed E-state index contributed by atoms with van der Waals surface area (Å²) < 4.78 is 9.46. The van der Waals surface area contributed by atoms with Crippen LogP contribution in [0.1, 0.15) is 23.2 Å². The van der Waals surface area contributed by atoms with Gasteiger partial charge in [-0.15, -0.1) is 0 Å². The van der Waals surface area contributed by atoms with Gasteiger partial charge in [0.25, 0.3) is 0 Å². The normalized spacial score (nSPS) is 9.00. The number of esters is 1. The van der Waals surface area contributed by atoms with Crippen molar-refractivity contribution in [1.29, 1.82) is 5.26 Å². The molecule has 12 heavy (non-hydrogen) atoms. The lowest BCUT2D eigenvalue weighted by molar-refractivity contribution is 0.0489. The van der Waals surface area contributed by atoms with Gasteiger partial charge in [-0.2, -0.15) is 5.26 Å². The first kappa shape index (κ1) is 8.34. The third-order valence-electron chi connectivity index (χ3n) is 1.19. The van der Waals surface area contributed by atoms with E-state index in [1.54, 1.807) is 13.0 Å². The number of nitrogens with zero attached hydrogens (tertiary/aromatic N) is 1. The highest BCUT2D eigenvalue weighted by atomic mass is 16.5. The van der Waals surface area contributed by atoms with E-state index >= 15 is 0 Å². The average Bonchev–Trinajstić information content (AvgIpc) is 2.52. The van der Waals surface area contributed by atoms with Gasteiger partial charge in [-0.1, -0.05) is 0 Å². The molecule has 0 saturated heterocycles. The molecule has 1 aromatic rings. The van der Waals surface area contributed by atoms with Crippen molar-refractivity contribution in [3.05, 3.63) is 23.7 Å². The van der Waals surface area contributed by atoms with Crippen molar-refractivity contribution in [1.82, 2.24) is 0 Å². The molecule has 0 N–H and O–H groups in total. The molecule has 1 heterocycles. The lowest BCUT2D eigenvalue weighted by Crippen LogP contribution is -2.02. The van der Waals surface area contributed by atoms with Crippen molar-refractivity contribution in [3.63, 3.8) is 0 Å². The van der Waals surface area contributed by atoms with Crippen LogP contribution in [-0.4, -0.2) is 12.6 Å². The molecule has 0 saturated carbocycles. The van der Waals surface area contributed by atoms with Gasteiger partial charge >= 0.3 is 5.97 Å². The van der Waals surface area contributed by atoms with E-state index in [0.717, 1.165) is 0 Å². The molecule has 0 bridgehead atoms. The molecule has 0 aromatic carbocycles. The topological polar surface area (TPSA) is 63.2 Å². The van der Waals surface area contributed by atoms with Gasteiger partial charge in [-0.05, 0) is 19.1 Å². The largest absolute Gasteiger partial charge is 0.460 e. The molecular formula is C8H7NO3. The zero-order chi connectivity index (χ0) is 8.97. The van der Waals surface area contributed by atoms with Crippen molar-refractivity contribution < 1.29 is 13.9 Å². The van der Waals surface area contributed by atoms with E-state index in [9.17, 15) is 4.79 Å². The molecule has 0 aliphatic rings. The summed E-state index contributed by atoms with van der Waals surface area (Å²) in [6.07, 6.45) is 0. The van der Waals surface area contributed by atoms with E-state index in [1.165, 1.54) is 12.1 Å². The Morgan fingerprint density at radius 1 is 1.75 bits per heavy atom. The van der Waals surface area contributed by atoms with E-state index in [-0.39, 0.29) is 11.5 Å². The van der Waals surface area contributed by atoms with Crippen LogP contribution in [0, 0.1) is 11.3 Å². The molecule has 0 radical (unpaired) electrons. The SMILES string of the molecule is CCOC(=O)c1ccc(C#N)o1. The van der Waals surface area contributed by atoms with Gasteiger partial charge in [0.05, 0.1) is 6.61 Å². The van der Waals surface area contributed by atoms with Gasteiger partial charge in [-0.25, -0.2) is 4.79 Å². The quantitative estimate of drug-likeness (QED) is 0.620. The van der Waals surface area contributed by atoms with Crippen LogP contribution >= 0.6 is 0 Å². The van der Waals surface area contributed by atoms with Crippen LogP contribution in [0.25, 0.3) is 0 Å². The number of ether oxygens (including phenoxy) is 1. The molecule has 0 spiro atoms. The Hall–Kier alpha value is -1.76. The van der Waals surface area contributed by atoms with Crippen LogP contribution < -0.4 is 0 Å². The summed E-state index contributed by atoms with van der Waals surface area (Å²) in [5, 5.41) is 8.37. The fourth-order valence-electron chi connectivity index (χ4n) is 0.710. The molecule has 0 atom stereocenters. The predicted octanol–water partition coefficient (Wildman–Crippen LogP) is 1.33. The van der Waals surface area contributed by atoms with Gasteiger partial charge in [-0.3, -0.25) is 0 Å². The smallest absolute Gasteiger partial charge is 0.374 e. The number of nitriles is 1. The van der Waals surface area contributed by atoms with Crippen LogP contribution in [0.5, 0.6) is 0 Å². The Balaban J connectivity index is 2.76. The maximum Gasteiger partial charge on any atom is 0.374 e. The van der Waals surface area contributed by atoms with E-state index in [4.69, 9.17) is 9.68 Å². The Morgan fingerprint density at radius 2 is 2.50 bits per heavy atom. The molecule has 0 unspecified atom stereocenters. The Labute approximate surface area is 69.4 Å². The standard InChI is InChI=1S/C8H7NO3/c1-2-11-8(10)7-4-3-6(5-9)12-7/h3-4H,2H2,1H3. The third-order valence-corrected chi connectivity index (χ3v) is 1.19. The molecule has 62 valence electrons.